The van der Waals surface area contributed by atoms with Gasteiger partial charge >= 0.3 is 6.09 Å². The Morgan fingerprint density at radius 1 is 1.06 bits per heavy atom. The van der Waals surface area contributed by atoms with Crippen LogP contribution in [0.5, 0.6) is 0 Å². The van der Waals surface area contributed by atoms with Crippen LogP contribution in [0, 0.1) is 0 Å². The van der Waals surface area contributed by atoms with E-state index in [9.17, 15) is 14.4 Å². The number of alkyl carbamates (subject to hydrolysis) is 1. The lowest BCUT2D eigenvalue weighted by Crippen LogP contribution is -2.47. The molecule has 11 nitrogen and oxygen atoms in total. The molecule has 1 aliphatic heterocycles. The fourth-order valence-corrected chi connectivity index (χ4v) is 6.33. The average molecular weight is 670 g/mol. The van der Waals surface area contributed by atoms with E-state index in [1.54, 1.807) is 24.2 Å². The SMILES string of the molecule is CCC[C@H]1CC[C@@H](C(N)=N/C=C(\C)c2ccc(-c3ccc(-c4cnc(CN(CCC)C(=O)[C@H](C)NC(=O)OC)[nH]4)cc3)cc2)N1C(=O)CC. The number of rotatable bonds is 14. The number of nitrogens with one attached hydrogen (secondary N) is 2. The van der Waals surface area contributed by atoms with Crippen molar-refractivity contribution in [3.05, 3.63) is 72.3 Å². The van der Waals surface area contributed by atoms with Crippen LogP contribution in [-0.4, -0.2) is 75.3 Å². The zero-order valence-corrected chi connectivity index (χ0v) is 29.7. The van der Waals surface area contributed by atoms with Crippen molar-refractivity contribution in [3.8, 4) is 22.4 Å². The van der Waals surface area contributed by atoms with Crippen LogP contribution in [0.15, 0.2) is 65.9 Å². The zero-order chi connectivity index (χ0) is 35.5. The molecule has 1 fully saturated rings. The predicted molar refractivity (Wildman–Crippen MR) is 194 cm³/mol. The number of H-pyrrole nitrogens is 1. The number of nitrogens with zero attached hydrogens (tertiary/aromatic N) is 4. The molecule has 4 N–H and O–H groups in total. The smallest absolute Gasteiger partial charge is 0.407 e. The Morgan fingerprint density at radius 2 is 1.71 bits per heavy atom. The molecule has 1 aliphatic rings. The first kappa shape index (κ1) is 36.9. The molecule has 4 rings (SSSR count). The van der Waals surface area contributed by atoms with Gasteiger partial charge in [-0.2, -0.15) is 0 Å². The van der Waals surface area contributed by atoms with Gasteiger partial charge in [0.25, 0.3) is 0 Å². The minimum Gasteiger partial charge on any atom is -0.453 e. The summed E-state index contributed by atoms with van der Waals surface area (Å²) in [6, 6.07) is 15.9. The van der Waals surface area contributed by atoms with Crippen LogP contribution in [0.3, 0.4) is 0 Å². The summed E-state index contributed by atoms with van der Waals surface area (Å²) in [5.74, 6) is 1.09. The van der Waals surface area contributed by atoms with E-state index in [1.807, 2.05) is 37.8 Å². The maximum absolute atomic E-state index is 13.0. The summed E-state index contributed by atoms with van der Waals surface area (Å²) < 4.78 is 4.62. The lowest BCUT2D eigenvalue weighted by molar-refractivity contribution is -0.134. The normalized spacial score (nSPS) is 17.1. The van der Waals surface area contributed by atoms with Crippen LogP contribution >= 0.6 is 0 Å². The van der Waals surface area contributed by atoms with Gasteiger partial charge in [-0.25, -0.2) is 14.8 Å². The second-order valence-corrected chi connectivity index (χ2v) is 12.6. The molecule has 11 heteroatoms. The van der Waals surface area contributed by atoms with Crippen molar-refractivity contribution in [2.24, 2.45) is 10.7 Å². The van der Waals surface area contributed by atoms with Crippen molar-refractivity contribution >= 4 is 29.3 Å². The van der Waals surface area contributed by atoms with Crippen LogP contribution in [0.2, 0.25) is 0 Å². The number of allylic oxidation sites excluding steroid dienone is 1. The van der Waals surface area contributed by atoms with Crippen molar-refractivity contribution in [1.29, 1.82) is 0 Å². The van der Waals surface area contributed by atoms with Crippen LogP contribution in [0.25, 0.3) is 28.0 Å². The quantitative estimate of drug-likeness (QED) is 0.132. The molecule has 0 unspecified atom stereocenters. The first-order valence-electron chi connectivity index (χ1n) is 17.3. The predicted octanol–water partition coefficient (Wildman–Crippen LogP) is 6.51. The van der Waals surface area contributed by atoms with E-state index in [0.717, 1.165) is 65.6 Å². The first-order valence-corrected chi connectivity index (χ1v) is 17.3. The Labute approximate surface area is 290 Å². The molecular weight excluding hydrogens is 618 g/mol. The molecule has 3 atom stereocenters. The third-order valence-electron chi connectivity index (χ3n) is 9.00. The van der Waals surface area contributed by atoms with Gasteiger partial charge in [0.1, 0.15) is 17.7 Å². The highest BCUT2D eigenvalue weighted by Gasteiger charge is 2.37. The van der Waals surface area contributed by atoms with E-state index < -0.39 is 12.1 Å². The molecule has 0 bridgehead atoms. The summed E-state index contributed by atoms with van der Waals surface area (Å²) in [6.07, 6.45) is 8.01. The van der Waals surface area contributed by atoms with Crippen molar-refractivity contribution in [2.45, 2.75) is 97.8 Å². The number of hydrogen-bond donors (Lipinski definition) is 3. The van der Waals surface area contributed by atoms with E-state index in [4.69, 9.17) is 5.73 Å². The molecule has 0 radical (unpaired) electrons. The number of hydrogen-bond acceptors (Lipinski definition) is 6. The number of aromatic nitrogens is 2. The number of likely N-dealkylation sites (tertiary alicyclic amines) is 1. The number of carbonyl (C=O) groups excluding carboxylic acids is 3. The fraction of sp³-hybridized carbons (Fsp3) is 0.447. The van der Waals surface area contributed by atoms with Crippen molar-refractivity contribution in [3.63, 3.8) is 0 Å². The topological polar surface area (TPSA) is 146 Å². The molecule has 2 aromatic carbocycles. The number of amidine groups is 1. The molecule has 3 amide bonds. The third kappa shape index (κ3) is 9.37. The van der Waals surface area contributed by atoms with E-state index in [1.165, 1.54) is 7.11 Å². The third-order valence-corrected chi connectivity index (χ3v) is 9.00. The maximum Gasteiger partial charge on any atom is 0.407 e. The second-order valence-electron chi connectivity index (χ2n) is 12.6. The highest BCUT2D eigenvalue weighted by atomic mass is 16.5. The lowest BCUT2D eigenvalue weighted by atomic mass is 10.00. The minimum atomic E-state index is -0.715. The molecule has 49 heavy (non-hydrogen) atoms. The fourth-order valence-electron chi connectivity index (χ4n) is 6.33. The van der Waals surface area contributed by atoms with E-state index in [2.05, 4.69) is 68.3 Å². The first-order chi connectivity index (χ1) is 23.6. The van der Waals surface area contributed by atoms with Gasteiger partial charge in [0, 0.05) is 25.2 Å². The van der Waals surface area contributed by atoms with Gasteiger partial charge in [-0.3, -0.25) is 9.59 Å². The number of aromatic amines is 1. The number of methoxy groups -OCH3 is 1. The van der Waals surface area contributed by atoms with Gasteiger partial charge in [-0.1, -0.05) is 75.7 Å². The number of benzene rings is 2. The molecule has 1 saturated heterocycles. The minimum absolute atomic E-state index is 0.141. The zero-order valence-electron chi connectivity index (χ0n) is 29.7. The monoisotopic (exact) mass is 669 g/mol. The number of nitrogens with two attached hydrogens (primary N) is 1. The molecule has 0 spiro atoms. The van der Waals surface area contributed by atoms with Crippen LogP contribution in [-0.2, 0) is 20.9 Å². The number of ether oxygens (including phenoxy) is 1. The number of carbonyl (C=O) groups is 3. The van der Waals surface area contributed by atoms with E-state index in [-0.39, 0.29) is 23.9 Å². The van der Waals surface area contributed by atoms with Gasteiger partial charge in [0.15, 0.2) is 0 Å². The molecule has 0 aliphatic carbocycles. The van der Waals surface area contributed by atoms with Crippen LogP contribution < -0.4 is 11.1 Å². The second kappa shape index (κ2) is 17.5. The Balaban J connectivity index is 1.40. The highest BCUT2D eigenvalue weighted by molar-refractivity contribution is 5.92. The van der Waals surface area contributed by atoms with Crippen LogP contribution in [0.1, 0.15) is 84.5 Å². The van der Waals surface area contributed by atoms with Gasteiger partial charge in [-0.05, 0) is 67.4 Å². The standard InChI is InChI=1S/C38H51N7O4/c1-7-10-31-19-20-33(45(31)35(46)9-3)36(39)41-22-25(4)27-11-13-28(14-12-27)29-15-17-30(18-16-29)32-23-40-34(43-32)24-44(21-8-2)37(47)26(5)42-38(48)49-6/h11-18,22-23,26,31,33H,7-10,19-21,24H2,1-6H3,(H2,39,41)(H,40,43)(H,42,48)/b25-22+/t26-,31-,33-/m0/s1. The summed E-state index contributed by atoms with van der Waals surface area (Å²) in [7, 11) is 1.27. The van der Waals surface area contributed by atoms with E-state index >= 15 is 0 Å². The number of imidazole rings is 1. The molecule has 3 aromatic rings. The Morgan fingerprint density at radius 3 is 2.33 bits per heavy atom. The van der Waals surface area contributed by atoms with Crippen molar-refractivity contribution in [1.82, 2.24) is 25.1 Å². The molecule has 1 aromatic heterocycles. The highest BCUT2D eigenvalue weighted by Crippen LogP contribution is 2.29. The van der Waals surface area contributed by atoms with Gasteiger partial charge in [0.05, 0.1) is 31.6 Å². The maximum atomic E-state index is 13.0. The molecule has 0 saturated carbocycles. The Bertz CT molecular complexity index is 1630. The van der Waals surface area contributed by atoms with Gasteiger partial charge in [-0.15, -0.1) is 0 Å². The molecule has 262 valence electrons. The number of amides is 3. The lowest BCUT2D eigenvalue weighted by Gasteiger charge is -2.29. The van der Waals surface area contributed by atoms with Gasteiger partial charge < -0.3 is 30.6 Å². The van der Waals surface area contributed by atoms with Gasteiger partial charge in [0.2, 0.25) is 11.8 Å². The van der Waals surface area contributed by atoms with E-state index in [0.29, 0.717) is 31.2 Å². The average Bonchev–Trinajstić information content (AvgIpc) is 3.77. The molecule has 2 heterocycles. The molecular formula is C38H51N7O4. The Kier molecular flexibility index (Phi) is 13.1. The summed E-state index contributed by atoms with van der Waals surface area (Å²) in [5, 5.41) is 2.54. The van der Waals surface area contributed by atoms with Crippen LogP contribution in [0.4, 0.5) is 4.79 Å². The summed E-state index contributed by atoms with van der Waals surface area (Å²) in [6.45, 7) is 10.5. The number of aliphatic imine (C=N–C) groups is 1. The summed E-state index contributed by atoms with van der Waals surface area (Å²) >= 11 is 0. The van der Waals surface area contributed by atoms with Crippen molar-refractivity contribution < 1.29 is 19.1 Å². The summed E-state index contributed by atoms with van der Waals surface area (Å²) in [5.41, 5.74) is 12.5. The van der Waals surface area contributed by atoms with Crippen molar-refractivity contribution in [2.75, 3.05) is 13.7 Å². The summed E-state index contributed by atoms with van der Waals surface area (Å²) in [4.78, 5) is 53.4. The largest absolute Gasteiger partial charge is 0.453 e. The Hall–Kier alpha value is -4.93.